The molecular formula is C19H23NO6S. The highest BCUT2D eigenvalue weighted by Gasteiger charge is 2.17. The number of methoxy groups -OCH3 is 2. The smallest absolute Gasteiger partial charge is 0.306 e. The van der Waals surface area contributed by atoms with Crippen LogP contribution in [0.5, 0.6) is 11.5 Å². The van der Waals surface area contributed by atoms with E-state index < -0.39 is 10.1 Å². The van der Waals surface area contributed by atoms with Crippen molar-refractivity contribution in [3.63, 3.8) is 0 Å². The van der Waals surface area contributed by atoms with Crippen molar-refractivity contribution in [1.29, 1.82) is 0 Å². The van der Waals surface area contributed by atoms with E-state index in [1.165, 1.54) is 0 Å². The molecule has 27 heavy (non-hydrogen) atoms. The molecule has 0 saturated heterocycles. The number of nitrogens with zero attached hydrogens (tertiary/aromatic N) is 1. The fourth-order valence-corrected chi connectivity index (χ4v) is 2.91. The summed E-state index contributed by atoms with van der Waals surface area (Å²) in [5, 5.41) is 0. The van der Waals surface area contributed by atoms with Crippen LogP contribution in [-0.4, -0.2) is 52.9 Å². The maximum absolute atomic E-state index is 12.9. The fourth-order valence-electron chi connectivity index (χ4n) is 2.46. The van der Waals surface area contributed by atoms with Gasteiger partial charge in [-0.05, 0) is 42.0 Å². The lowest BCUT2D eigenvalue weighted by Crippen LogP contribution is -2.33. The third-order valence-corrected chi connectivity index (χ3v) is 4.20. The zero-order valence-corrected chi connectivity index (χ0v) is 16.4. The van der Waals surface area contributed by atoms with Gasteiger partial charge in [0.15, 0.2) is 0 Å². The highest BCUT2D eigenvalue weighted by molar-refractivity contribution is 7.86. The Hall–Kier alpha value is -2.58. The van der Waals surface area contributed by atoms with Crippen LogP contribution in [0, 0.1) is 0 Å². The van der Waals surface area contributed by atoms with Gasteiger partial charge in [0.05, 0.1) is 20.0 Å². The van der Waals surface area contributed by atoms with Gasteiger partial charge in [0.25, 0.3) is 5.91 Å². The van der Waals surface area contributed by atoms with Crippen molar-refractivity contribution in [2.24, 2.45) is 0 Å². The minimum absolute atomic E-state index is 0.163. The van der Waals surface area contributed by atoms with E-state index in [0.29, 0.717) is 24.5 Å². The Bertz CT molecular complexity index is 864. The van der Waals surface area contributed by atoms with Gasteiger partial charge in [-0.15, -0.1) is 0 Å². The zero-order valence-electron chi connectivity index (χ0n) is 15.5. The summed E-state index contributed by atoms with van der Waals surface area (Å²) in [5.41, 5.74) is 1.27. The summed E-state index contributed by atoms with van der Waals surface area (Å²) in [6, 6.07) is 13.5. The normalized spacial score (nSPS) is 11.1. The lowest BCUT2D eigenvalue weighted by atomic mass is 10.1. The summed E-state index contributed by atoms with van der Waals surface area (Å²) in [7, 11) is -0.486. The van der Waals surface area contributed by atoms with Crippen molar-refractivity contribution < 1.29 is 26.9 Å². The van der Waals surface area contributed by atoms with Crippen molar-refractivity contribution in [2.75, 3.05) is 33.6 Å². The summed E-state index contributed by atoms with van der Waals surface area (Å²) in [6.45, 7) is 1.05. The number of amides is 1. The monoisotopic (exact) mass is 393 g/mol. The fraction of sp³-hybridized carbons (Fsp3) is 0.316. The van der Waals surface area contributed by atoms with Crippen molar-refractivity contribution in [1.82, 2.24) is 4.90 Å². The second kappa shape index (κ2) is 9.38. The maximum atomic E-state index is 12.9. The predicted molar refractivity (Wildman–Crippen MR) is 102 cm³/mol. The molecule has 0 radical (unpaired) electrons. The molecule has 0 unspecified atom stereocenters. The number of carbonyl (C=O) groups is 1. The minimum Gasteiger partial charge on any atom is -0.497 e. The van der Waals surface area contributed by atoms with E-state index in [2.05, 4.69) is 0 Å². The molecule has 7 nitrogen and oxygen atoms in total. The SMILES string of the molecule is COCCN(Cc1cccc(OS(C)(=O)=O)c1)C(=O)c1ccc(OC)cc1. The molecular weight excluding hydrogens is 370 g/mol. The number of benzene rings is 2. The number of ether oxygens (including phenoxy) is 2. The lowest BCUT2D eigenvalue weighted by molar-refractivity contribution is 0.0680. The Balaban J connectivity index is 2.20. The zero-order chi connectivity index (χ0) is 19.9. The van der Waals surface area contributed by atoms with Gasteiger partial charge >= 0.3 is 10.1 Å². The summed E-state index contributed by atoms with van der Waals surface area (Å²) < 4.78 is 37.7. The van der Waals surface area contributed by atoms with Crippen molar-refractivity contribution in [3.8, 4) is 11.5 Å². The third-order valence-electron chi connectivity index (χ3n) is 3.71. The molecule has 0 aliphatic heterocycles. The molecule has 2 aromatic carbocycles. The Kier molecular flexibility index (Phi) is 7.20. The molecule has 2 rings (SSSR count). The molecule has 0 aliphatic rings. The summed E-state index contributed by atoms with van der Waals surface area (Å²) in [4.78, 5) is 14.5. The minimum atomic E-state index is -3.61. The van der Waals surface area contributed by atoms with E-state index in [-0.39, 0.29) is 18.2 Å². The maximum Gasteiger partial charge on any atom is 0.306 e. The van der Waals surface area contributed by atoms with Crippen LogP contribution < -0.4 is 8.92 Å². The summed E-state index contributed by atoms with van der Waals surface area (Å²) >= 11 is 0. The molecule has 0 saturated carbocycles. The molecule has 0 bridgehead atoms. The first kappa shape index (κ1) is 20.7. The molecule has 0 aliphatic carbocycles. The van der Waals surface area contributed by atoms with Gasteiger partial charge in [-0.2, -0.15) is 8.42 Å². The topological polar surface area (TPSA) is 82.1 Å². The Morgan fingerprint density at radius 3 is 2.33 bits per heavy atom. The Labute approximate surface area is 159 Å². The lowest BCUT2D eigenvalue weighted by Gasteiger charge is -2.23. The second-order valence-corrected chi connectivity index (χ2v) is 7.46. The predicted octanol–water partition coefficient (Wildman–Crippen LogP) is 2.32. The van der Waals surface area contributed by atoms with Gasteiger partial charge in [-0.3, -0.25) is 4.79 Å². The Morgan fingerprint density at radius 1 is 1.04 bits per heavy atom. The first-order valence-corrected chi connectivity index (χ1v) is 10.0. The quantitative estimate of drug-likeness (QED) is 0.608. The number of hydrogen-bond acceptors (Lipinski definition) is 6. The molecule has 1 amide bonds. The second-order valence-electron chi connectivity index (χ2n) is 5.88. The van der Waals surface area contributed by atoms with E-state index in [9.17, 15) is 13.2 Å². The largest absolute Gasteiger partial charge is 0.497 e. The standard InChI is InChI=1S/C19H23NO6S/c1-24-12-11-20(19(21)16-7-9-17(25-2)10-8-16)14-15-5-4-6-18(13-15)26-27(3,22)23/h4-10,13H,11-12,14H2,1-3H3. The van der Waals surface area contributed by atoms with E-state index in [0.717, 1.165) is 11.8 Å². The number of hydrogen-bond donors (Lipinski definition) is 0. The molecule has 0 fully saturated rings. The van der Waals surface area contributed by atoms with Crippen LogP contribution in [0.3, 0.4) is 0 Å². The molecule has 2 aromatic rings. The number of carbonyl (C=O) groups excluding carboxylic acids is 1. The molecule has 0 N–H and O–H groups in total. The number of rotatable bonds is 9. The van der Waals surface area contributed by atoms with E-state index >= 15 is 0 Å². The first-order valence-electron chi connectivity index (χ1n) is 8.23. The van der Waals surface area contributed by atoms with Crippen LogP contribution in [-0.2, 0) is 21.4 Å². The summed E-state index contributed by atoms with van der Waals surface area (Å²) in [6.07, 6.45) is 0.984. The Morgan fingerprint density at radius 2 is 1.74 bits per heavy atom. The molecule has 0 spiro atoms. The van der Waals surface area contributed by atoms with Crippen molar-refractivity contribution in [3.05, 3.63) is 59.7 Å². The van der Waals surface area contributed by atoms with Gasteiger partial charge in [0, 0.05) is 25.8 Å². The van der Waals surface area contributed by atoms with Gasteiger partial charge in [-0.1, -0.05) is 12.1 Å². The van der Waals surface area contributed by atoms with Crippen LogP contribution >= 0.6 is 0 Å². The van der Waals surface area contributed by atoms with Crippen molar-refractivity contribution >= 4 is 16.0 Å². The average Bonchev–Trinajstić information content (AvgIpc) is 2.63. The van der Waals surface area contributed by atoms with Crippen LogP contribution in [0.4, 0.5) is 0 Å². The summed E-state index contributed by atoms with van der Waals surface area (Å²) in [5.74, 6) is 0.711. The molecule has 8 heteroatoms. The average molecular weight is 393 g/mol. The third kappa shape index (κ3) is 6.58. The van der Waals surface area contributed by atoms with Gasteiger partial charge in [-0.25, -0.2) is 0 Å². The van der Waals surface area contributed by atoms with Crippen LogP contribution in [0.25, 0.3) is 0 Å². The van der Waals surface area contributed by atoms with E-state index in [4.69, 9.17) is 13.7 Å². The van der Waals surface area contributed by atoms with Crippen LogP contribution in [0.1, 0.15) is 15.9 Å². The molecule has 146 valence electrons. The van der Waals surface area contributed by atoms with Crippen LogP contribution in [0.2, 0.25) is 0 Å². The molecule has 0 atom stereocenters. The molecule has 0 aromatic heterocycles. The van der Waals surface area contributed by atoms with Gasteiger partial charge in [0.1, 0.15) is 11.5 Å². The van der Waals surface area contributed by atoms with E-state index in [1.807, 2.05) is 0 Å². The highest BCUT2D eigenvalue weighted by atomic mass is 32.2. The highest BCUT2D eigenvalue weighted by Crippen LogP contribution is 2.18. The first-order chi connectivity index (χ1) is 12.8. The van der Waals surface area contributed by atoms with Crippen molar-refractivity contribution in [2.45, 2.75) is 6.54 Å². The van der Waals surface area contributed by atoms with E-state index in [1.54, 1.807) is 67.7 Å². The molecule has 0 heterocycles. The van der Waals surface area contributed by atoms with Gasteiger partial charge < -0.3 is 18.6 Å². The van der Waals surface area contributed by atoms with Gasteiger partial charge in [0.2, 0.25) is 0 Å². The van der Waals surface area contributed by atoms with Crippen LogP contribution in [0.15, 0.2) is 48.5 Å².